The highest BCUT2D eigenvalue weighted by Gasteiger charge is 2.40. The van der Waals surface area contributed by atoms with Gasteiger partial charge in [0.25, 0.3) is 0 Å². The van der Waals surface area contributed by atoms with Crippen molar-refractivity contribution in [2.75, 3.05) is 0 Å². The van der Waals surface area contributed by atoms with Crippen molar-refractivity contribution in [1.29, 1.82) is 0 Å². The zero-order chi connectivity index (χ0) is 8.32. The maximum Gasteiger partial charge on any atom is 0.0955 e. The molecule has 0 bridgehead atoms. The predicted octanol–water partition coefficient (Wildman–Crippen LogP) is 1.25. The molecule has 1 aliphatic heterocycles. The minimum Gasteiger partial charge on any atom is -0.235 e. The molecule has 0 spiro atoms. The number of hydrogen-bond acceptors (Lipinski definition) is 2. The van der Waals surface area contributed by atoms with Crippen LogP contribution in [0.15, 0.2) is 0 Å². The van der Waals surface area contributed by atoms with Crippen LogP contribution in [-0.2, 0) is 0 Å². The lowest BCUT2D eigenvalue weighted by Gasteiger charge is -2.11. The van der Waals surface area contributed by atoms with E-state index in [1.54, 1.807) is 0 Å². The van der Waals surface area contributed by atoms with Crippen molar-refractivity contribution in [3.05, 3.63) is 0 Å². The molecule has 0 atom stereocenters. The standard InChI is InChI=1S/C9H16N2/c1-4-5-6-9(10-11-9)7-8(2)3/h1,8,10-11H,5-7H2,2-3H3. The van der Waals surface area contributed by atoms with Crippen LogP contribution in [0.25, 0.3) is 0 Å². The van der Waals surface area contributed by atoms with Gasteiger partial charge in [-0.05, 0) is 18.8 Å². The Morgan fingerprint density at radius 2 is 2.09 bits per heavy atom. The number of nitrogens with one attached hydrogen (secondary N) is 2. The average Bonchev–Trinajstić information content (AvgIpc) is 2.64. The van der Waals surface area contributed by atoms with Crippen molar-refractivity contribution in [3.63, 3.8) is 0 Å². The first kappa shape index (κ1) is 8.58. The lowest BCUT2D eigenvalue weighted by molar-refractivity contribution is 0.434. The van der Waals surface area contributed by atoms with Crippen LogP contribution in [0.5, 0.6) is 0 Å². The molecule has 0 aromatic rings. The zero-order valence-electron chi connectivity index (χ0n) is 7.28. The minimum atomic E-state index is 0.181. The van der Waals surface area contributed by atoms with E-state index in [1.807, 2.05) is 0 Å². The second-order valence-electron chi connectivity index (χ2n) is 3.63. The van der Waals surface area contributed by atoms with Gasteiger partial charge in [0.1, 0.15) is 0 Å². The third-order valence-corrected chi connectivity index (χ3v) is 1.93. The summed E-state index contributed by atoms with van der Waals surface area (Å²) in [6.07, 6.45) is 8.25. The fourth-order valence-electron chi connectivity index (χ4n) is 1.40. The highest BCUT2D eigenvalue weighted by molar-refractivity contribution is 4.98. The van der Waals surface area contributed by atoms with E-state index in [4.69, 9.17) is 6.42 Å². The van der Waals surface area contributed by atoms with Gasteiger partial charge in [0, 0.05) is 6.42 Å². The van der Waals surface area contributed by atoms with E-state index in [0.717, 1.165) is 25.2 Å². The van der Waals surface area contributed by atoms with E-state index in [1.165, 1.54) is 0 Å². The van der Waals surface area contributed by atoms with Crippen molar-refractivity contribution in [3.8, 4) is 12.3 Å². The maximum atomic E-state index is 5.19. The van der Waals surface area contributed by atoms with E-state index >= 15 is 0 Å². The molecule has 0 saturated carbocycles. The quantitative estimate of drug-likeness (QED) is 0.470. The molecular formula is C9H16N2. The van der Waals surface area contributed by atoms with Gasteiger partial charge in [-0.25, -0.2) is 10.9 Å². The highest BCUT2D eigenvalue weighted by Crippen LogP contribution is 2.25. The summed E-state index contributed by atoms with van der Waals surface area (Å²) < 4.78 is 0. The first-order chi connectivity index (χ1) is 5.18. The monoisotopic (exact) mass is 152 g/mol. The van der Waals surface area contributed by atoms with Gasteiger partial charge in [-0.3, -0.25) is 0 Å². The predicted molar refractivity (Wildman–Crippen MR) is 46.5 cm³/mol. The Hall–Kier alpha value is -0.520. The van der Waals surface area contributed by atoms with Crippen LogP contribution in [0.1, 0.15) is 33.1 Å². The zero-order valence-corrected chi connectivity index (χ0v) is 7.28. The Morgan fingerprint density at radius 3 is 2.45 bits per heavy atom. The highest BCUT2D eigenvalue weighted by atomic mass is 15.7. The molecule has 0 unspecified atom stereocenters. The van der Waals surface area contributed by atoms with E-state index in [9.17, 15) is 0 Å². The lowest BCUT2D eigenvalue weighted by Crippen LogP contribution is -2.19. The first-order valence-corrected chi connectivity index (χ1v) is 4.16. The molecule has 0 radical (unpaired) electrons. The number of hydrazine groups is 1. The lowest BCUT2D eigenvalue weighted by atomic mass is 9.97. The molecule has 1 saturated heterocycles. The summed E-state index contributed by atoms with van der Waals surface area (Å²) in [6.45, 7) is 4.44. The van der Waals surface area contributed by atoms with Crippen LogP contribution < -0.4 is 10.9 Å². The number of terminal acetylenes is 1. The molecule has 2 heteroatoms. The molecular weight excluding hydrogens is 136 g/mol. The molecule has 1 fully saturated rings. The van der Waals surface area contributed by atoms with Gasteiger partial charge in [0.05, 0.1) is 5.66 Å². The van der Waals surface area contributed by atoms with Crippen molar-refractivity contribution in [1.82, 2.24) is 10.9 Å². The third-order valence-electron chi connectivity index (χ3n) is 1.93. The SMILES string of the molecule is C#CCCC1(CC(C)C)NN1. The molecule has 1 rings (SSSR count). The molecule has 11 heavy (non-hydrogen) atoms. The van der Waals surface area contributed by atoms with Crippen LogP contribution in [0.2, 0.25) is 0 Å². The van der Waals surface area contributed by atoms with Crippen LogP contribution in [-0.4, -0.2) is 5.66 Å². The molecule has 1 aliphatic rings. The summed E-state index contributed by atoms with van der Waals surface area (Å²) >= 11 is 0. The summed E-state index contributed by atoms with van der Waals surface area (Å²) in [5.74, 6) is 3.37. The smallest absolute Gasteiger partial charge is 0.0955 e. The van der Waals surface area contributed by atoms with Crippen molar-refractivity contribution in [2.24, 2.45) is 5.92 Å². The fraction of sp³-hybridized carbons (Fsp3) is 0.778. The summed E-state index contributed by atoms with van der Waals surface area (Å²) in [7, 11) is 0. The summed E-state index contributed by atoms with van der Waals surface area (Å²) in [5.41, 5.74) is 6.52. The molecule has 2 nitrogen and oxygen atoms in total. The normalized spacial score (nSPS) is 19.8. The van der Waals surface area contributed by atoms with Gasteiger partial charge < -0.3 is 0 Å². The van der Waals surface area contributed by atoms with E-state index < -0.39 is 0 Å². The second kappa shape index (κ2) is 3.25. The summed E-state index contributed by atoms with van der Waals surface area (Å²) in [4.78, 5) is 0. The van der Waals surface area contributed by atoms with Crippen LogP contribution >= 0.6 is 0 Å². The average molecular weight is 152 g/mol. The summed E-state index contributed by atoms with van der Waals surface area (Å²) in [6, 6.07) is 0. The molecule has 0 amide bonds. The van der Waals surface area contributed by atoms with Gasteiger partial charge in [-0.2, -0.15) is 0 Å². The van der Waals surface area contributed by atoms with Crippen LogP contribution in [0, 0.1) is 18.3 Å². The van der Waals surface area contributed by atoms with Gasteiger partial charge in [-0.1, -0.05) is 13.8 Å². The van der Waals surface area contributed by atoms with Gasteiger partial charge in [-0.15, -0.1) is 12.3 Å². The molecule has 1 heterocycles. The van der Waals surface area contributed by atoms with Crippen molar-refractivity contribution in [2.45, 2.75) is 38.8 Å². The minimum absolute atomic E-state index is 0.181. The second-order valence-corrected chi connectivity index (χ2v) is 3.63. The Morgan fingerprint density at radius 1 is 1.45 bits per heavy atom. The van der Waals surface area contributed by atoms with Gasteiger partial charge >= 0.3 is 0 Å². The third kappa shape index (κ3) is 2.53. The van der Waals surface area contributed by atoms with Crippen LogP contribution in [0.3, 0.4) is 0 Å². The van der Waals surface area contributed by atoms with E-state index in [0.29, 0.717) is 0 Å². The molecule has 0 aromatic carbocycles. The molecule has 2 N–H and O–H groups in total. The molecule has 0 aromatic heterocycles. The maximum absolute atomic E-state index is 5.19. The Balaban J connectivity index is 2.25. The van der Waals surface area contributed by atoms with Crippen molar-refractivity contribution >= 4 is 0 Å². The first-order valence-electron chi connectivity index (χ1n) is 4.16. The topological polar surface area (TPSA) is 43.9 Å². The largest absolute Gasteiger partial charge is 0.235 e. The van der Waals surface area contributed by atoms with E-state index in [2.05, 4.69) is 30.6 Å². The molecule has 0 aliphatic carbocycles. The van der Waals surface area contributed by atoms with Crippen molar-refractivity contribution < 1.29 is 0 Å². The van der Waals surface area contributed by atoms with Gasteiger partial charge in [0.15, 0.2) is 0 Å². The Kier molecular flexibility index (Phi) is 2.53. The van der Waals surface area contributed by atoms with E-state index in [-0.39, 0.29) is 5.66 Å². The fourth-order valence-corrected chi connectivity index (χ4v) is 1.40. The Bertz CT molecular complexity index is 163. The van der Waals surface area contributed by atoms with Gasteiger partial charge in [0.2, 0.25) is 0 Å². The summed E-state index contributed by atoms with van der Waals surface area (Å²) in [5, 5.41) is 0. The Labute approximate surface area is 68.7 Å². The number of hydrogen-bond donors (Lipinski definition) is 2. The number of rotatable bonds is 4. The van der Waals surface area contributed by atoms with Crippen LogP contribution in [0.4, 0.5) is 0 Å². The molecule has 62 valence electrons.